The Kier molecular flexibility index (Phi) is 4.75. The molecule has 0 saturated heterocycles. The van der Waals surface area contributed by atoms with Crippen molar-refractivity contribution in [1.29, 1.82) is 5.41 Å². The SMILES string of the molecule is N=C(N)c1cc(OC2CCCCCC2)ccc1C(F)(F)F. The van der Waals surface area contributed by atoms with E-state index in [0.29, 0.717) is 5.75 Å². The molecule has 0 unspecified atom stereocenters. The molecular weight excluding hydrogens is 281 g/mol. The average molecular weight is 300 g/mol. The molecule has 1 fully saturated rings. The molecule has 3 N–H and O–H groups in total. The Labute approximate surface area is 121 Å². The number of nitrogen functional groups attached to an aromatic ring is 1. The van der Waals surface area contributed by atoms with Crippen LogP contribution in [-0.4, -0.2) is 11.9 Å². The minimum Gasteiger partial charge on any atom is -0.490 e. The average Bonchev–Trinajstić information content (AvgIpc) is 2.66. The molecule has 1 aromatic rings. The van der Waals surface area contributed by atoms with Crippen LogP contribution >= 0.6 is 0 Å². The largest absolute Gasteiger partial charge is 0.490 e. The Bertz CT molecular complexity index is 506. The number of hydrogen-bond donors (Lipinski definition) is 2. The van der Waals surface area contributed by atoms with Crippen LogP contribution < -0.4 is 10.5 Å². The Balaban J connectivity index is 2.21. The second-order valence-corrected chi connectivity index (χ2v) is 5.35. The van der Waals surface area contributed by atoms with Crippen molar-refractivity contribution >= 4 is 5.84 Å². The van der Waals surface area contributed by atoms with Crippen LogP contribution in [0.4, 0.5) is 13.2 Å². The molecule has 0 bridgehead atoms. The van der Waals surface area contributed by atoms with Gasteiger partial charge in [-0.05, 0) is 43.9 Å². The summed E-state index contributed by atoms with van der Waals surface area (Å²) >= 11 is 0. The fourth-order valence-electron chi connectivity index (χ4n) is 2.62. The summed E-state index contributed by atoms with van der Waals surface area (Å²) in [4.78, 5) is 0. The lowest BCUT2D eigenvalue weighted by molar-refractivity contribution is -0.137. The molecule has 6 heteroatoms. The summed E-state index contributed by atoms with van der Waals surface area (Å²) in [6, 6.07) is 3.46. The maximum absolute atomic E-state index is 12.9. The van der Waals surface area contributed by atoms with Crippen LogP contribution in [0.1, 0.15) is 49.7 Å². The first-order valence-electron chi connectivity index (χ1n) is 7.10. The summed E-state index contributed by atoms with van der Waals surface area (Å²) < 4.78 is 44.4. The van der Waals surface area contributed by atoms with Gasteiger partial charge in [0.2, 0.25) is 0 Å². The minimum atomic E-state index is -4.53. The summed E-state index contributed by atoms with van der Waals surface area (Å²) in [5.41, 5.74) is 4.04. The van der Waals surface area contributed by atoms with Crippen molar-refractivity contribution in [3.63, 3.8) is 0 Å². The zero-order valence-corrected chi connectivity index (χ0v) is 11.7. The Hall–Kier alpha value is -1.72. The third-order valence-electron chi connectivity index (χ3n) is 3.69. The Morgan fingerprint density at radius 2 is 1.76 bits per heavy atom. The highest BCUT2D eigenvalue weighted by Crippen LogP contribution is 2.34. The van der Waals surface area contributed by atoms with Crippen molar-refractivity contribution in [1.82, 2.24) is 0 Å². The Morgan fingerprint density at radius 1 is 1.14 bits per heavy atom. The van der Waals surface area contributed by atoms with E-state index in [1.54, 1.807) is 0 Å². The molecule has 0 amide bonds. The molecule has 2 rings (SSSR count). The van der Waals surface area contributed by atoms with Gasteiger partial charge in [0.1, 0.15) is 11.6 Å². The highest BCUT2D eigenvalue weighted by molar-refractivity contribution is 5.97. The van der Waals surface area contributed by atoms with E-state index in [2.05, 4.69) is 0 Å². The van der Waals surface area contributed by atoms with Crippen molar-refractivity contribution in [2.75, 3.05) is 0 Å². The molecule has 0 spiro atoms. The summed E-state index contributed by atoms with van der Waals surface area (Å²) in [6.07, 6.45) is 1.82. The molecule has 0 heterocycles. The van der Waals surface area contributed by atoms with E-state index in [4.69, 9.17) is 15.9 Å². The van der Waals surface area contributed by atoms with Gasteiger partial charge in [-0.1, -0.05) is 12.8 Å². The topological polar surface area (TPSA) is 59.1 Å². The molecule has 1 aromatic carbocycles. The third kappa shape index (κ3) is 4.12. The second-order valence-electron chi connectivity index (χ2n) is 5.35. The standard InChI is InChI=1S/C15H19F3N2O/c16-15(17,18)13-8-7-11(9-12(13)14(19)20)21-10-5-3-1-2-4-6-10/h7-10H,1-6H2,(H3,19,20). The van der Waals surface area contributed by atoms with Gasteiger partial charge in [-0.3, -0.25) is 5.41 Å². The maximum atomic E-state index is 12.9. The quantitative estimate of drug-likeness (QED) is 0.502. The zero-order chi connectivity index (χ0) is 15.5. The summed E-state index contributed by atoms with van der Waals surface area (Å²) in [7, 11) is 0. The van der Waals surface area contributed by atoms with Gasteiger partial charge in [0.15, 0.2) is 0 Å². The zero-order valence-electron chi connectivity index (χ0n) is 11.7. The van der Waals surface area contributed by atoms with E-state index in [0.717, 1.165) is 31.7 Å². The molecule has 1 saturated carbocycles. The number of benzene rings is 1. The highest BCUT2D eigenvalue weighted by atomic mass is 19.4. The predicted octanol–water partition coefficient (Wildman–Crippen LogP) is 4.09. The van der Waals surface area contributed by atoms with E-state index < -0.39 is 17.6 Å². The number of alkyl halides is 3. The summed E-state index contributed by atoms with van der Waals surface area (Å²) in [5.74, 6) is -0.256. The van der Waals surface area contributed by atoms with E-state index in [1.165, 1.54) is 25.0 Å². The first-order valence-corrected chi connectivity index (χ1v) is 7.10. The van der Waals surface area contributed by atoms with Crippen LogP contribution in [-0.2, 0) is 6.18 Å². The van der Waals surface area contributed by atoms with Gasteiger partial charge in [0, 0.05) is 5.56 Å². The molecule has 1 aliphatic rings. The van der Waals surface area contributed by atoms with Gasteiger partial charge in [-0.2, -0.15) is 13.2 Å². The number of halogens is 3. The number of rotatable bonds is 3. The number of nitrogens with one attached hydrogen (secondary N) is 1. The first kappa shape index (κ1) is 15.7. The van der Waals surface area contributed by atoms with Crippen molar-refractivity contribution in [3.05, 3.63) is 29.3 Å². The van der Waals surface area contributed by atoms with Crippen LogP contribution in [0, 0.1) is 5.41 Å². The number of amidine groups is 1. The van der Waals surface area contributed by atoms with Gasteiger partial charge in [-0.25, -0.2) is 0 Å². The van der Waals surface area contributed by atoms with Crippen molar-refractivity contribution < 1.29 is 17.9 Å². The highest BCUT2D eigenvalue weighted by Gasteiger charge is 2.34. The van der Waals surface area contributed by atoms with Gasteiger partial charge in [-0.15, -0.1) is 0 Å². The smallest absolute Gasteiger partial charge is 0.417 e. The van der Waals surface area contributed by atoms with Gasteiger partial charge >= 0.3 is 6.18 Å². The monoisotopic (exact) mass is 300 g/mol. The molecule has 1 aliphatic carbocycles. The molecular formula is C15H19F3N2O. The van der Waals surface area contributed by atoms with E-state index in [1.807, 2.05) is 0 Å². The number of nitrogens with two attached hydrogens (primary N) is 1. The van der Waals surface area contributed by atoms with Crippen molar-refractivity contribution in [2.45, 2.75) is 50.8 Å². The molecule has 116 valence electrons. The molecule has 0 atom stereocenters. The molecule has 0 radical (unpaired) electrons. The molecule has 3 nitrogen and oxygen atoms in total. The van der Waals surface area contributed by atoms with Gasteiger partial charge in [0.25, 0.3) is 0 Å². The van der Waals surface area contributed by atoms with Gasteiger partial charge < -0.3 is 10.5 Å². The molecule has 0 aliphatic heterocycles. The third-order valence-corrected chi connectivity index (χ3v) is 3.69. The maximum Gasteiger partial charge on any atom is 0.417 e. The lowest BCUT2D eigenvalue weighted by atomic mass is 10.1. The van der Waals surface area contributed by atoms with Crippen LogP contribution in [0.3, 0.4) is 0 Å². The van der Waals surface area contributed by atoms with E-state index in [9.17, 15) is 13.2 Å². The number of ether oxygens (including phenoxy) is 1. The first-order chi connectivity index (χ1) is 9.88. The fraction of sp³-hybridized carbons (Fsp3) is 0.533. The number of hydrogen-bond acceptors (Lipinski definition) is 2. The molecule has 21 heavy (non-hydrogen) atoms. The second kappa shape index (κ2) is 6.37. The fourth-order valence-corrected chi connectivity index (χ4v) is 2.62. The van der Waals surface area contributed by atoms with Crippen LogP contribution in [0.5, 0.6) is 5.75 Å². The normalized spacial score (nSPS) is 17.3. The van der Waals surface area contributed by atoms with Crippen molar-refractivity contribution in [2.24, 2.45) is 5.73 Å². The van der Waals surface area contributed by atoms with Crippen LogP contribution in [0.25, 0.3) is 0 Å². The minimum absolute atomic E-state index is 0.0315. The summed E-state index contributed by atoms with van der Waals surface area (Å²) in [5, 5.41) is 7.33. The lowest BCUT2D eigenvalue weighted by Gasteiger charge is -2.19. The van der Waals surface area contributed by atoms with Gasteiger partial charge in [0.05, 0.1) is 11.7 Å². The summed E-state index contributed by atoms with van der Waals surface area (Å²) in [6.45, 7) is 0. The van der Waals surface area contributed by atoms with Crippen molar-refractivity contribution in [3.8, 4) is 5.75 Å². The van der Waals surface area contributed by atoms with E-state index in [-0.39, 0.29) is 11.7 Å². The van der Waals surface area contributed by atoms with Crippen LogP contribution in [0.2, 0.25) is 0 Å². The van der Waals surface area contributed by atoms with E-state index >= 15 is 0 Å². The lowest BCUT2D eigenvalue weighted by Crippen LogP contribution is -2.20. The van der Waals surface area contributed by atoms with Crippen LogP contribution in [0.15, 0.2) is 18.2 Å². The predicted molar refractivity (Wildman–Crippen MR) is 74.6 cm³/mol. The Morgan fingerprint density at radius 3 is 2.29 bits per heavy atom. The molecule has 0 aromatic heterocycles.